The molecule has 1 fully saturated rings. The molecule has 0 spiro atoms. The van der Waals surface area contributed by atoms with E-state index in [4.69, 9.17) is 9.84 Å². The normalized spacial score (nSPS) is 30.5. The lowest BCUT2D eigenvalue weighted by Gasteiger charge is -2.26. The molecule has 0 heterocycles. The van der Waals surface area contributed by atoms with Gasteiger partial charge in [0.15, 0.2) is 0 Å². The zero-order valence-electron chi connectivity index (χ0n) is 7.34. The van der Waals surface area contributed by atoms with E-state index in [1.807, 2.05) is 0 Å². The molecule has 1 rings (SSSR count). The minimum absolute atomic E-state index is 0.231. The molecule has 0 bridgehead atoms. The Bertz CT molecular complexity index is 111. The maximum Gasteiger partial charge on any atom is 0.113 e. The Hall–Kier alpha value is -0.150. The van der Waals surface area contributed by atoms with E-state index in [0.717, 1.165) is 25.7 Å². The average molecular weight is 176 g/mol. The van der Waals surface area contributed by atoms with Gasteiger partial charge in [0.25, 0.3) is 0 Å². The summed E-state index contributed by atoms with van der Waals surface area (Å²) in [5, 5.41) is 8.85. The molecule has 1 aliphatic carbocycles. The number of hydrogen-bond acceptors (Lipinski definition) is 2. The average Bonchev–Trinajstić information content (AvgIpc) is 2.15. The van der Waals surface area contributed by atoms with Crippen molar-refractivity contribution in [3.05, 3.63) is 0 Å². The summed E-state index contributed by atoms with van der Waals surface area (Å²) in [4.78, 5) is 0. The van der Waals surface area contributed by atoms with Gasteiger partial charge >= 0.3 is 0 Å². The largest absolute Gasteiger partial charge is 0.396 e. The molecule has 0 amide bonds. The summed E-state index contributed by atoms with van der Waals surface area (Å²) in [6.07, 6.45) is 4.24. The zero-order valence-corrected chi connectivity index (χ0v) is 7.34. The third kappa shape index (κ3) is 3.07. The van der Waals surface area contributed by atoms with Crippen molar-refractivity contribution in [1.82, 2.24) is 0 Å². The topological polar surface area (TPSA) is 29.5 Å². The number of aliphatic hydroxyl groups excluding tert-OH is 1. The SMILES string of the molecule is OCC1CCC(OCCF)CC1. The van der Waals surface area contributed by atoms with Gasteiger partial charge in [-0.2, -0.15) is 0 Å². The Kier molecular flexibility index (Phi) is 4.54. The van der Waals surface area contributed by atoms with Crippen LogP contribution in [0.1, 0.15) is 25.7 Å². The first-order chi connectivity index (χ1) is 5.86. The summed E-state index contributed by atoms with van der Waals surface area (Å²) < 4.78 is 17.0. The lowest BCUT2D eigenvalue weighted by Crippen LogP contribution is -2.23. The lowest BCUT2D eigenvalue weighted by atomic mass is 9.88. The van der Waals surface area contributed by atoms with E-state index >= 15 is 0 Å². The van der Waals surface area contributed by atoms with Crippen LogP contribution in [-0.4, -0.2) is 31.1 Å². The minimum Gasteiger partial charge on any atom is -0.396 e. The Morgan fingerprint density at radius 3 is 2.42 bits per heavy atom. The van der Waals surface area contributed by atoms with Gasteiger partial charge in [-0.3, -0.25) is 0 Å². The summed E-state index contributed by atoms with van der Waals surface area (Å²) in [6.45, 7) is 0.129. The standard InChI is InChI=1S/C9H17FO2/c10-5-6-12-9-3-1-8(7-11)2-4-9/h8-9,11H,1-7H2. The first-order valence-electron chi connectivity index (χ1n) is 4.65. The summed E-state index contributed by atoms with van der Waals surface area (Å²) >= 11 is 0. The molecule has 72 valence electrons. The second-order valence-corrected chi connectivity index (χ2v) is 3.39. The van der Waals surface area contributed by atoms with Gasteiger partial charge in [-0.05, 0) is 31.6 Å². The number of halogens is 1. The molecule has 0 atom stereocenters. The predicted molar refractivity (Wildman–Crippen MR) is 44.8 cm³/mol. The van der Waals surface area contributed by atoms with E-state index in [9.17, 15) is 4.39 Å². The monoisotopic (exact) mass is 176 g/mol. The molecule has 0 radical (unpaired) electrons. The van der Waals surface area contributed by atoms with E-state index < -0.39 is 0 Å². The van der Waals surface area contributed by atoms with E-state index in [1.165, 1.54) is 0 Å². The van der Waals surface area contributed by atoms with Crippen molar-refractivity contribution >= 4 is 0 Å². The zero-order chi connectivity index (χ0) is 8.81. The third-order valence-electron chi connectivity index (χ3n) is 2.48. The van der Waals surface area contributed by atoms with Crippen molar-refractivity contribution in [3.8, 4) is 0 Å². The van der Waals surface area contributed by atoms with Crippen LogP contribution in [0.2, 0.25) is 0 Å². The van der Waals surface area contributed by atoms with Crippen molar-refractivity contribution in [1.29, 1.82) is 0 Å². The number of aliphatic hydroxyl groups is 1. The minimum atomic E-state index is -0.389. The van der Waals surface area contributed by atoms with E-state index in [1.54, 1.807) is 0 Å². The van der Waals surface area contributed by atoms with Crippen LogP contribution in [0.25, 0.3) is 0 Å². The molecule has 3 heteroatoms. The smallest absolute Gasteiger partial charge is 0.113 e. The highest BCUT2D eigenvalue weighted by Gasteiger charge is 2.20. The van der Waals surface area contributed by atoms with E-state index in [-0.39, 0.29) is 26.0 Å². The summed E-state index contributed by atoms with van der Waals surface area (Å²) in [6, 6.07) is 0. The highest BCUT2D eigenvalue weighted by Crippen LogP contribution is 2.25. The highest BCUT2D eigenvalue weighted by molar-refractivity contribution is 4.71. The molecule has 0 unspecified atom stereocenters. The Balaban J connectivity index is 2.09. The lowest BCUT2D eigenvalue weighted by molar-refractivity contribution is 0.00572. The fraction of sp³-hybridized carbons (Fsp3) is 1.00. The van der Waals surface area contributed by atoms with Crippen molar-refractivity contribution in [2.45, 2.75) is 31.8 Å². The van der Waals surface area contributed by atoms with Gasteiger partial charge in [0.1, 0.15) is 6.67 Å². The molecule has 1 aliphatic rings. The van der Waals surface area contributed by atoms with Gasteiger partial charge in [0, 0.05) is 6.61 Å². The van der Waals surface area contributed by atoms with Gasteiger partial charge in [-0.1, -0.05) is 0 Å². The second kappa shape index (κ2) is 5.49. The van der Waals surface area contributed by atoms with Gasteiger partial charge in [0.2, 0.25) is 0 Å². The number of ether oxygens (including phenoxy) is 1. The summed E-state index contributed by atoms with van der Waals surface area (Å²) in [5.41, 5.74) is 0. The molecule has 1 saturated carbocycles. The second-order valence-electron chi connectivity index (χ2n) is 3.39. The van der Waals surface area contributed by atoms with E-state index in [2.05, 4.69) is 0 Å². The quantitative estimate of drug-likeness (QED) is 0.703. The predicted octanol–water partition coefficient (Wildman–Crippen LogP) is 1.52. The Labute approximate surface area is 72.7 Å². The number of hydrogen-bond donors (Lipinski definition) is 1. The Morgan fingerprint density at radius 2 is 1.92 bits per heavy atom. The fourth-order valence-electron chi connectivity index (χ4n) is 1.69. The first kappa shape index (κ1) is 9.93. The molecule has 12 heavy (non-hydrogen) atoms. The highest BCUT2D eigenvalue weighted by atomic mass is 19.1. The molecule has 0 saturated heterocycles. The summed E-state index contributed by atoms with van der Waals surface area (Å²) in [5.74, 6) is 0.454. The molecule has 0 aliphatic heterocycles. The molecular weight excluding hydrogens is 159 g/mol. The van der Waals surface area contributed by atoms with Crippen molar-refractivity contribution in [2.24, 2.45) is 5.92 Å². The molecule has 2 nitrogen and oxygen atoms in total. The Morgan fingerprint density at radius 1 is 1.25 bits per heavy atom. The van der Waals surface area contributed by atoms with Crippen LogP contribution in [0.4, 0.5) is 4.39 Å². The van der Waals surface area contributed by atoms with Crippen molar-refractivity contribution < 1.29 is 14.2 Å². The maximum atomic E-state index is 11.7. The molecule has 0 aromatic rings. The van der Waals surface area contributed by atoms with Crippen molar-refractivity contribution in [2.75, 3.05) is 19.9 Å². The molecule has 0 aromatic heterocycles. The summed E-state index contributed by atoms with van der Waals surface area (Å²) in [7, 11) is 0. The van der Waals surface area contributed by atoms with Crippen LogP contribution in [0.5, 0.6) is 0 Å². The van der Waals surface area contributed by atoms with Crippen LogP contribution in [-0.2, 0) is 4.74 Å². The van der Waals surface area contributed by atoms with Crippen LogP contribution in [0.15, 0.2) is 0 Å². The first-order valence-corrected chi connectivity index (χ1v) is 4.65. The van der Waals surface area contributed by atoms with Crippen LogP contribution < -0.4 is 0 Å². The van der Waals surface area contributed by atoms with Crippen LogP contribution in [0, 0.1) is 5.92 Å². The maximum absolute atomic E-state index is 11.7. The van der Waals surface area contributed by atoms with Gasteiger partial charge in [0.05, 0.1) is 12.7 Å². The van der Waals surface area contributed by atoms with Crippen molar-refractivity contribution in [3.63, 3.8) is 0 Å². The molecule has 0 aromatic carbocycles. The fourth-order valence-corrected chi connectivity index (χ4v) is 1.69. The molecular formula is C9H17FO2. The van der Waals surface area contributed by atoms with Crippen LogP contribution >= 0.6 is 0 Å². The number of alkyl halides is 1. The van der Waals surface area contributed by atoms with Crippen LogP contribution in [0.3, 0.4) is 0 Å². The number of rotatable bonds is 4. The van der Waals surface area contributed by atoms with Gasteiger partial charge < -0.3 is 9.84 Å². The van der Waals surface area contributed by atoms with Gasteiger partial charge in [-0.25, -0.2) is 4.39 Å². The van der Waals surface area contributed by atoms with E-state index in [0.29, 0.717) is 5.92 Å². The molecule has 1 N–H and O–H groups in total. The van der Waals surface area contributed by atoms with Gasteiger partial charge in [-0.15, -0.1) is 0 Å². The third-order valence-corrected chi connectivity index (χ3v) is 2.48.